The molecule has 0 saturated carbocycles. The van der Waals surface area contributed by atoms with Gasteiger partial charge in [0, 0.05) is 29.6 Å². The van der Waals surface area contributed by atoms with E-state index in [0.29, 0.717) is 41.2 Å². The lowest BCUT2D eigenvalue weighted by Crippen LogP contribution is -2.24. The van der Waals surface area contributed by atoms with E-state index in [1.54, 1.807) is 48.7 Å². The van der Waals surface area contributed by atoms with Crippen molar-refractivity contribution in [3.63, 3.8) is 0 Å². The van der Waals surface area contributed by atoms with Crippen molar-refractivity contribution in [2.24, 2.45) is 0 Å². The number of anilines is 2. The number of amides is 1. The van der Waals surface area contributed by atoms with Gasteiger partial charge in [-0.25, -0.2) is 13.4 Å². The Morgan fingerprint density at radius 3 is 2.53 bits per heavy atom. The molecule has 2 heterocycles. The lowest BCUT2D eigenvalue weighted by atomic mass is 10.1. The first kappa shape index (κ1) is 19.7. The lowest BCUT2D eigenvalue weighted by Gasteiger charge is -2.17. The van der Waals surface area contributed by atoms with Crippen LogP contribution < -0.4 is 9.62 Å². The molecule has 1 aliphatic rings. The number of pyridine rings is 1. The Hall–Kier alpha value is -3.63. The van der Waals surface area contributed by atoms with E-state index in [1.165, 1.54) is 4.31 Å². The highest BCUT2D eigenvalue weighted by atomic mass is 32.2. The van der Waals surface area contributed by atoms with Crippen LogP contribution in [0.4, 0.5) is 11.4 Å². The van der Waals surface area contributed by atoms with Gasteiger partial charge < -0.3 is 5.32 Å². The molecule has 0 bridgehead atoms. The summed E-state index contributed by atoms with van der Waals surface area (Å²) in [5, 5.41) is 2.83. The maximum atomic E-state index is 12.6. The molecule has 1 aliphatic heterocycles. The Balaban J connectivity index is 1.46. The highest BCUT2D eigenvalue weighted by Crippen LogP contribution is 2.25. The third kappa shape index (κ3) is 4.50. The van der Waals surface area contributed by atoms with Crippen LogP contribution in [0, 0.1) is 11.8 Å². The van der Waals surface area contributed by atoms with Gasteiger partial charge in [0.2, 0.25) is 10.0 Å². The first-order valence-corrected chi connectivity index (χ1v) is 11.1. The first-order chi connectivity index (χ1) is 14.5. The van der Waals surface area contributed by atoms with Crippen LogP contribution in [0.1, 0.15) is 28.0 Å². The highest BCUT2D eigenvalue weighted by Gasteiger charge is 2.28. The molecule has 1 N–H and O–H groups in total. The number of carbonyl (C=O) groups excluding carboxylic acids is 1. The fourth-order valence-electron chi connectivity index (χ4n) is 3.15. The number of carbonyl (C=O) groups is 1. The molecule has 0 aliphatic carbocycles. The number of nitrogens with one attached hydrogen (secondary N) is 1. The van der Waals surface area contributed by atoms with E-state index in [9.17, 15) is 13.2 Å². The van der Waals surface area contributed by atoms with Gasteiger partial charge in [-0.1, -0.05) is 18.1 Å². The second-order valence-electron chi connectivity index (χ2n) is 6.79. The predicted molar refractivity (Wildman–Crippen MR) is 117 cm³/mol. The third-order valence-electron chi connectivity index (χ3n) is 4.64. The van der Waals surface area contributed by atoms with E-state index in [0.717, 1.165) is 0 Å². The normalized spacial score (nSPS) is 14.6. The number of rotatable bonds is 3. The minimum absolute atomic E-state index is 0.172. The van der Waals surface area contributed by atoms with Crippen molar-refractivity contribution >= 4 is 27.3 Å². The molecule has 0 radical (unpaired) electrons. The Bertz CT molecular complexity index is 1230. The number of nitrogens with zero attached hydrogens (tertiary/aromatic N) is 2. The second kappa shape index (κ2) is 8.39. The first-order valence-electron chi connectivity index (χ1n) is 9.46. The van der Waals surface area contributed by atoms with Gasteiger partial charge in [-0.05, 0) is 66.9 Å². The average Bonchev–Trinajstić information content (AvgIpc) is 3.13. The summed E-state index contributed by atoms with van der Waals surface area (Å²) in [5.74, 6) is 5.89. The zero-order chi connectivity index (χ0) is 21.0. The molecule has 0 unspecified atom stereocenters. The summed E-state index contributed by atoms with van der Waals surface area (Å²) in [4.78, 5) is 16.8. The van der Waals surface area contributed by atoms with E-state index >= 15 is 0 Å². The maximum absolute atomic E-state index is 12.6. The summed E-state index contributed by atoms with van der Waals surface area (Å²) in [6, 6.07) is 19.4. The summed E-state index contributed by atoms with van der Waals surface area (Å²) in [7, 11) is -3.22. The fraction of sp³-hybridized carbons (Fsp3) is 0.130. The van der Waals surface area contributed by atoms with E-state index in [1.807, 2.05) is 24.3 Å². The molecule has 2 aromatic carbocycles. The van der Waals surface area contributed by atoms with Gasteiger partial charge in [0.1, 0.15) is 5.69 Å². The van der Waals surface area contributed by atoms with Gasteiger partial charge in [0.25, 0.3) is 5.91 Å². The second-order valence-corrected chi connectivity index (χ2v) is 8.80. The molecule has 7 heteroatoms. The Morgan fingerprint density at radius 1 is 1.00 bits per heavy atom. The van der Waals surface area contributed by atoms with E-state index in [-0.39, 0.29) is 11.7 Å². The minimum Gasteiger partial charge on any atom is -0.322 e. The quantitative estimate of drug-likeness (QED) is 0.664. The Morgan fingerprint density at radius 2 is 1.83 bits per heavy atom. The van der Waals surface area contributed by atoms with E-state index in [4.69, 9.17) is 0 Å². The summed E-state index contributed by atoms with van der Waals surface area (Å²) in [5.41, 5.74) is 3.05. The monoisotopic (exact) mass is 417 g/mol. The van der Waals surface area contributed by atoms with Crippen molar-refractivity contribution in [3.05, 3.63) is 89.7 Å². The number of hydrogen-bond donors (Lipinski definition) is 1. The van der Waals surface area contributed by atoms with Crippen LogP contribution in [-0.4, -0.2) is 31.6 Å². The Labute approximate surface area is 175 Å². The van der Waals surface area contributed by atoms with E-state index in [2.05, 4.69) is 22.1 Å². The SMILES string of the molecule is O=C(Nc1ccc(N2CCCS2(=O)=O)cc1)c1cccc(C#Cc2ccccn2)c1. The van der Waals surface area contributed by atoms with Gasteiger partial charge in [0.15, 0.2) is 0 Å². The summed E-state index contributed by atoms with van der Waals surface area (Å²) >= 11 is 0. The predicted octanol–water partition coefficient (Wildman–Crippen LogP) is 3.27. The third-order valence-corrected chi connectivity index (χ3v) is 6.51. The standard InChI is InChI=1S/C23H19N3O3S/c27-23(19-6-3-5-18(17-19)8-9-20-7-1-2-14-24-20)25-21-10-12-22(13-11-21)26-15-4-16-30(26,28)29/h1-3,5-7,10-14,17H,4,15-16H2,(H,25,27). The number of benzene rings is 2. The average molecular weight is 417 g/mol. The zero-order valence-corrected chi connectivity index (χ0v) is 16.9. The largest absolute Gasteiger partial charge is 0.322 e. The zero-order valence-electron chi connectivity index (χ0n) is 16.1. The molecule has 4 rings (SSSR count). The summed E-state index contributed by atoms with van der Waals surface area (Å²) in [6.45, 7) is 0.486. The summed E-state index contributed by atoms with van der Waals surface area (Å²) in [6.07, 6.45) is 2.30. The molecule has 3 aromatic rings. The van der Waals surface area contributed by atoms with Crippen molar-refractivity contribution < 1.29 is 13.2 Å². The molecule has 6 nitrogen and oxygen atoms in total. The van der Waals surface area contributed by atoms with Crippen LogP contribution in [0.3, 0.4) is 0 Å². The molecule has 1 amide bonds. The Kier molecular flexibility index (Phi) is 5.50. The number of aromatic nitrogens is 1. The van der Waals surface area contributed by atoms with E-state index < -0.39 is 10.0 Å². The van der Waals surface area contributed by atoms with Crippen molar-refractivity contribution in [2.45, 2.75) is 6.42 Å². The van der Waals surface area contributed by atoms with Gasteiger partial charge >= 0.3 is 0 Å². The van der Waals surface area contributed by atoms with Gasteiger partial charge in [0.05, 0.1) is 11.4 Å². The van der Waals surface area contributed by atoms with Gasteiger partial charge in [-0.15, -0.1) is 0 Å². The molecular formula is C23H19N3O3S. The van der Waals surface area contributed by atoms with Gasteiger partial charge in [-0.3, -0.25) is 9.10 Å². The van der Waals surface area contributed by atoms with Crippen molar-refractivity contribution in [2.75, 3.05) is 21.9 Å². The number of hydrogen-bond acceptors (Lipinski definition) is 4. The van der Waals surface area contributed by atoms with Crippen molar-refractivity contribution in [1.29, 1.82) is 0 Å². The van der Waals surface area contributed by atoms with Crippen LogP contribution in [-0.2, 0) is 10.0 Å². The van der Waals surface area contributed by atoms with Gasteiger partial charge in [-0.2, -0.15) is 0 Å². The van der Waals surface area contributed by atoms with Crippen LogP contribution in [0.2, 0.25) is 0 Å². The molecule has 1 saturated heterocycles. The smallest absolute Gasteiger partial charge is 0.255 e. The van der Waals surface area contributed by atoms with Crippen LogP contribution in [0.15, 0.2) is 72.9 Å². The molecule has 30 heavy (non-hydrogen) atoms. The molecule has 1 aromatic heterocycles. The topological polar surface area (TPSA) is 79.4 Å². The van der Waals surface area contributed by atoms with Crippen molar-refractivity contribution in [3.8, 4) is 11.8 Å². The molecule has 0 atom stereocenters. The lowest BCUT2D eigenvalue weighted by molar-refractivity contribution is 0.102. The minimum atomic E-state index is -3.22. The fourth-order valence-corrected chi connectivity index (χ4v) is 4.72. The van der Waals surface area contributed by atoms with Crippen LogP contribution in [0.25, 0.3) is 0 Å². The highest BCUT2D eigenvalue weighted by molar-refractivity contribution is 7.93. The molecule has 0 spiro atoms. The van der Waals surface area contributed by atoms with Crippen LogP contribution >= 0.6 is 0 Å². The summed E-state index contributed by atoms with van der Waals surface area (Å²) < 4.78 is 25.5. The number of sulfonamides is 1. The molecule has 150 valence electrons. The molecular weight excluding hydrogens is 398 g/mol. The van der Waals surface area contributed by atoms with Crippen LogP contribution in [0.5, 0.6) is 0 Å². The maximum Gasteiger partial charge on any atom is 0.255 e. The molecule has 1 fully saturated rings. The van der Waals surface area contributed by atoms with Crippen molar-refractivity contribution in [1.82, 2.24) is 4.98 Å².